The first kappa shape index (κ1) is 28.0. The number of benzene rings is 2. The fourth-order valence-electron chi connectivity index (χ4n) is 6.84. The molecule has 2 aliphatic heterocycles. The molecule has 0 unspecified atom stereocenters. The van der Waals surface area contributed by atoms with Crippen LogP contribution in [0.1, 0.15) is 48.2 Å². The summed E-state index contributed by atoms with van der Waals surface area (Å²) in [6, 6.07) is 9.42. The molecule has 0 bridgehead atoms. The third kappa shape index (κ3) is 4.53. The Morgan fingerprint density at radius 1 is 1.09 bits per heavy atom. The van der Waals surface area contributed by atoms with Crippen LogP contribution in [0.25, 0.3) is 11.3 Å². The van der Waals surface area contributed by atoms with E-state index in [9.17, 15) is 13.2 Å². The molecule has 1 amide bonds. The molecule has 228 valence electrons. The minimum absolute atomic E-state index is 0.00862. The average Bonchev–Trinajstić information content (AvgIpc) is 3.44. The van der Waals surface area contributed by atoms with E-state index >= 15 is 0 Å². The van der Waals surface area contributed by atoms with E-state index in [-0.39, 0.29) is 45.2 Å². The Hall–Kier alpha value is -3.77. The largest absolute Gasteiger partial charge is 0.495 e. The Morgan fingerprint density at radius 2 is 1.81 bits per heavy atom. The van der Waals surface area contributed by atoms with Crippen molar-refractivity contribution in [1.29, 1.82) is 0 Å². The van der Waals surface area contributed by atoms with Gasteiger partial charge >= 0.3 is 0 Å². The topological polar surface area (TPSA) is 123 Å². The average molecular weight is 609 g/mol. The quantitative estimate of drug-likeness (QED) is 0.423. The number of rotatable bonds is 7. The first-order valence-electron chi connectivity index (χ1n) is 14.7. The van der Waals surface area contributed by atoms with Crippen LogP contribution in [0.15, 0.2) is 39.8 Å². The van der Waals surface area contributed by atoms with E-state index in [1.54, 1.807) is 4.90 Å². The number of hydrogen-bond acceptors (Lipinski definition) is 9. The van der Waals surface area contributed by atoms with Crippen LogP contribution in [0.4, 0.5) is 11.5 Å². The van der Waals surface area contributed by atoms with Crippen LogP contribution >= 0.6 is 0 Å². The molecule has 4 aliphatic rings. The number of aromatic nitrogens is 1. The highest BCUT2D eigenvalue weighted by Crippen LogP contribution is 2.62. The number of hydrogen-bond donors (Lipinski definition) is 1. The van der Waals surface area contributed by atoms with Crippen molar-refractivity contribution in [3.63, 3.8) is 0 Å². The van der Waals surface area contributed by atoms with Crippen molar-refractivity contribution in [2.45, 2.75) is 49.5 Å². The molecule has 2 saturated heterocycles. The monoisotopic (exact) mass is 608 g/mol. The van der Waals surface area contributed by atoms with E-state index in [0.29, 0.717) is 37.8 Å². The first-order valence-corrected chi connectivity index (χ1v) is 16.2. The number of nitrogens with zero attached hydrogens (tertiary/aromatic N) is 3. The molecule has 3 atom stereocenters. The summed E-state index contributed by atoms with van der Waals surface area (Å²) in [6.45, 7) is 7.48. The predicted octanol–water partition coefficient (Wildman–Crippen LogP) is 4.06. The summed E-state index contributed by atoms with van der Waals surface area (Å²) in [7, 11) is -1.55. The second-order valence-corrected chi connectivity index (χ2v) is 13.7. The lowest BCUT2D eigenvalue weighted by atomic mass is 9.77. The molecular formula is C31H36N4O7S. The predicted molar refractivity (Wildman–Crippen MR) is 160 cm³/mol. The summed E-state index contributed by atoms with van der Waals surface area (Å²) in [5.74, 6) is 0.929. The molecule has 0 radical (unpaired) electrons. The fraction of sp³-hybridized carbons (Fsp3) is 0.484. The minimum Gasteiger partial charge on any atom is -0.495 e. The molecule has 1 spiro atoms. The molecule has 1 N–H and O–H groups in total. The van der Waals surface area contributed by atoms with Gasteiger partial charge in [0.05, 0.1) is 26.9 Å². The Labute approximate surface area is 251 Å². The SMILES string of the molecule is COc1cc(C(=O)N2CCO[C@H](C)C2)cc(OC)c1S(=O)(=O)Nc1noc2c1C[C@@]1(C[C@@H]1C)c1ccc(N3CCC3)cc1-2. The van der Waals surface area contributed by atoms with Crippen molar-refractivity contribution in [3.8, 4) is 22.8 Å². The third-order valence-corrected chi connectivity index (χ3v) is 10.9. The molecular weight excluding hydrogens is 572 g/mol. The van der Waals surface area contributed by atoms with Crippen LogP contribution in [-0.4, -0.2) is 77.5 Å². The van der Waals surface area contributed by atoms with Gasteiger partial charge in [0.25, 0.3) is 15.9 Å². The normalized spacial score (nSPS) is 24.2. The molecule has 3 fully saturated rings. The molecule has 1 aromatic heterocycles. The van der Waals surface area contributed by atoms with Crippen LogP contribution in [0.3, 0.4) is 0 Å². The van der Waals surface area contributed by atoms with Gasteiger partial charge in [-0.3, -0.25) is 9.52 Å². The summed E-state index contributed by atoms with van der Waals surface area (Å²) >= 11 is 0. The van der Waals surface area contributed by atoms with Gasteiger partial charge in [0.2, 0.25) is 0 Å². The highest BCUT2D eigenvalue weighted by Gasteiger charge is 2.56. The Balaban J connectivity index is 1.24. The van der Waals surface area contributed by atoms with Gasteiger partial charge in [-0.25, -0.2) is 8.42 Å². The molecule has 43 heavy (non-hydrogen) atoms. The number of sulfonamides is 1. The number of ether oxygens (including phenoxy) is 3. The van der Waals surface area contributed by atoms with Crippen LogP contribution in [0, 0.1) is 5.92 Å². The molecule has 3 heterocycles. The number of anilines is 2. The van der Waals surface area contributed by atoms with E-state index in [1.165, 1.54) is 38.3 Å². The smallest absolute Gasteiger partial charge is 0.270 e. The summed E-state index contributed by atoms with van der Waals surface area (Å²) in [4.78, 5) is 17.1. The number of amides is 1. The van der Waals surface area contributed by atoms with Crippen molar-refractivity contribution in [1.82, 2.24) is 10.1 Å². The van der Waals surface area contributed by atoms with Crippen molar-refractivity contribution < 1.29 is 31.9 Å². The maximum Gasteiger partial charge on any atom is 0.270 e. The zero-order valence-corrected chi connectivity index (χ0v) is 25.6. The molecule has 2 aliphatic carbocycles. The van der Waals surface area contributed by atoms with Gasteiger partial charge < -0.3 is 28.5 Å². The maximum atomic E-state index is 14.0. The Bertz CT molecular complexity index is 1690. The summed E-state index contributed by atoms with van der Waals surface area (Å²) in [5, 5.41) is 4.23. The number of carbonyl (C=O) groups excluding carboxylic acids is 1. The summed E-state index contributed by atoms with van der Waals surface area (Å²) in [5.41, 5.74) is 4.28. The van der Waals surface area contributed by atoms with Crippen LogP contribution in [0.2, 0.25) is 0 Å². The molecule has 7 rings (SSSR count). The number of fused-ring (bicyclic) bond motifs is 4. The van der Waals surface area contributed by atoms with Crippen molar-refractivity contribution in [2.75, 3.05) is 56.6 Å². The van der Waals surface area contributed by atoms with Gasteiger partial charge in [-0.05, 0) is 61.9 Å². The van der Waals surface area contributed by atoms with E-state index < -0.39 is 10.0 Å². The second kappa shape index (κ2) is 10.2. The van der Waals surface area contributed by atoms with Crippen LogP contribution in [0.5, 0.6) is 11.5 Å². The van der Waals surface area contributed by atoms with Crippen LogP contribution in [-0.2, 0) is 26.6 Å². The van der Waals surface area contributed by atoms with E-state index in [2.05, 4.69) is 39.9 Å². The third-order valence-electron chi connectivity index (χ3n) is 9.48. The molecule has 2 aromatic carbocycles. The lowest BCUT2D eigenvalue weighted by molar-refractivity contribution is -0.0124. The Kier molecular flexibility index (Phi) is 6.62. The van der Waals surface area contributed by atoms with Crippen LogP contribution < -0.4 is 19.1 Å². The van der Waals surface area contributed by atoms with E-state index in [1.807, 2.05) is 6.92 Å². The summed E-state index contributed by atoms with van der Waals surface area (Å²) in [6.07, 6.45) is 2.72. The highest BCUT2D eigenvalue weighted by atomic mass is 32.2. The number of morpholine rings is 1. The van der Waals surface area contributed by atoms with Gasteiger partial charge in [-0.15, -0.1) is 0 Å². The van der Waals surface area contributed by atoms with Gasteiger partial charge in [0.1, 0.15) is 11.5 Å². The number of methoxy groups -OCH3 is 2. The fourth-order valence-corrected chi connectivity index (χ4v) is 8.17. The minimum atomic E-state index is -4.28. The zero-order valence-electron chi connectivity index (χ0n) is 24.8. The number of nitrogens with one attached hydrogen (secondary N) is 1. The first-order chi connectivity index (χ1) is 20.6. The van der Waals surface area contributed by atoms with Crippen molar-refractivity contribution in [3.05, 3.63) is 47.0 Å². The van der Waals surface area contributed by atoms with E-state index in [0.717, 1.165) is 36.3 Å². The van der Waals surface area contributed by atoms with Gasteiger partial charge in [0.15, 0.2) is 16.5 Å². The standard InChI is InChI=1S/C31H36N4O7S/c1-18-15-31(18)16-23-27(22-14-21(6-7-24(22)31)34-8-5-9-34)42-32-29(23)33-43(37,38)28-25(39-3)12-20(13-26(28)40-4)30(36)35-10-11-41-19(2)17-35/h6-7,12-14,18-19H,5,8-11,15-17H2,1-4H3,(H,32,33)/t18-,19+,31+/m0/s1. The molecule has 1 saturated carbocycles. The van der Waals surface area contributed by atoms with E-state index in [4.69, 9.17) is 18.7 Å². The van der Waals surface area contributed by atoms with Crippen molar-refractivity contribution >= 4 is 27.4 Å². The Morgan fingerprint density at radius 3 is 2.42 bits per heavy atom. The number of carbonyl (C=O) groups is 1. The lowest BCUT2D eigenvalue weighted by Gasteiger charge is -2.34. The second-order valence-electron chi connectivity index (χ2n) is 12.1. The van der Waals surface area contributed by atoms with Gasteiger partial charge in [-0.2, -0.15) is 0 Å². The lowest BCUT2D eigenvalue weighted by Crippen LogP contribution is -2.44. The van der Waals surface area contributed by atoms with Gasteiger partial charge in [-0.1, -0.05) is 18.1 Å². The molecule has 11 nitrogen and oxygen atoms in total. The highest BCUT2D eigenvalue weighted by molar-refractivity contribution is 7.93. The van der Waals surface area contributed by atoms with Gasteiger partial charge in [0, 0.05) is 54.0 Å². The maximum absolute atomic E-state index is 14.0. The van der Waals surface area contributed by atoms with Crippen molar-refractivity contribution in [2.24, 2.45) is 5.92 Å². The zero-order chi connectivity index (χ0) is 30.1. The molecule has 3 aromatic rings. The molecule has 12 heteroatoms. The summed E-state index contributed by atoms with van der Waals surface area (Å²) < 4.78 is 53.1.